The quantitative estimate of drug-likeness (QED) is 0.416. The van der Waals surface area contributed by atoms with Crippen molar-refractivity contribution in [2.45, 2.75) is 31.4 Å². The van der Waals surface area contributed by atoms with Crippen LogP contribution in [0, 0.1) is 0 Å². The van der Waals surface area contributed by atoms with Crippen LogP contribution in [-0.2, 0) is 29.6 Å². The van der Waals surface area contributed by atoms with Crippen molar-refractivity contribution >= 4 is 21.6 Å². The second-order valence-electron chi connectivity index (χ2n) is 7.33. The summed E-state index contributed by atoms with van der Waals surface area (Å²) in [5, 5.41) is 7.82. The van der Waals surface area contributed by atoms with Crippen LogP contribution in [0.25, 0.3) is 0 Å². The van der Waals surface area contributed by atoms with Gasteiger partial charge in [0.1, 0.15) is 13.2 Å². The van der Waals surface area contributed by atoms with Crippen LogP contribution >= 0.6 is 11.6 Å². The molecule has 0 saturated carbocycles. The van der Waals surface area contributed by atoms with Gasteiger partial charge in [-0.3, -0.25) is 0 Å². The Hall–Kier alpha value is -2.58. The average molecular weight is 476 g/mol. The van der Waals surface area contributed by atoms with Gasteiger partial charge in [0, 0.05) is 12.0 Å². The fourth-order valence-corrected chi connectivity index (χ4v) is 4.06. The predicted molar refractivity (Wildman–Crippen MR) is 125 cm³/mol. The van der Waals surface area contributed by atoms with E-state index >= 15 is 0 Å². The van der Waals surface area contributed by atoms with Gasteiger partial charge in [-0.15, -0.1) is 0 Å². The first kappa shape index (κ1) is 24.1. The third-order valence-electron chi connectivity index (χ3n) is 4.86. The van der Waals surface area contributed by atoms with Crippen LogP contribution in [0.2, 0.25) is 5.02 Å². The molecule has 0 atom stereocenters. The lowest BCUT2D eigenvalue weighted by Gasteiger charge is -2.15. The summed E-state index contributed by atoms with van der Waals surface area (Å²) < 4.78 is 34.4. The Bertz CT molecular complexity index is 1120. The van der Waals surface area contributed by atoms with Crippen molar-refractivity contribution in [2.24, 2.45) is 5.14 Å². The molecular weight excluding hydrogens is 448 g/mol. The van der Waals surface area contributed by atoms with Gasteiger partial charge < -0.3 is 14.8 Å². The molecule has 170 valence electrons. The van der Waals surface area contributed by atoms with Crippen molar-refractivity contribution < 1.29 is 23.2 Å². The number of primary sulfonamides is 1. The third-order valence-corrected chi connectivity index (χ3v) is 6.07. The third kappa shape index (κ3) is 6.97. The molecule has 0 amide bonds. The maximum atomic E-state index is 11.3. The molecule has 0 saturated heterocycles. The van der Waals surface area contributed by atoms with Crippen LogP contribution in [0.3, 0.4) is 0 Å². The van der Waals surface area contributed by atoms with Crippen molar-refractivity contribution in [3.63, 3.8) is 0 Å². The topological polar surface area (TPSA) is 95.2 Å². The van der Waals surface area contributed by atoms with Crippen molar-refractivity contribution in [3.05, 3.63) is 88.4 Å². The highest BCUT2D eigenvalue weighted by Crippen LogP contribution is 2.37. The summed E-state index contributed by atoms with van der Waals surface area (Å²) in [5.41, 5.74) is 3.14. The van der Waals surface area contributed by atoms with Crippen LogP contribution in [0.15, 0.2) is 71.6 Å². The van der Waals surface area contributed by atoms with Gasteiger partial charge in [0.05, 0.1) is 23.1 Å². The summed E-state index contributed by atoms with van der Waals surface area (Å²) in [6.45, 7) is 4.42. The summed E-state index contributed by atoms with van der Waals surface area (Å²) in [4.78, 5) is 0.123. The molecule has 0 fully saturated rings. The molecule has 32 heavy (non-hydrogen) atoms. The lowest BCUT2D eigenvalue weighted by Crippen LogP contribution is -2.83. The Morgan fingerprint density at radius 2 is 1.66 bits per heavy atom. The Kier molecular flexibility index (Phi) is 8.53. The van der Waals surface area contributed by atoms with E-state index in [1.165, 1.54) is 12.1 Å². The smallest absolute Gasteiger partial charge is 0.238 e. The van der Waals surface area contributed by atoms with Crippen LogP contribution in [0.1, 0.15) is 23.6 Å². The molecule has 0 bridgehead atoms. The molecule has 6 nitrogen and oxygen atoms in total. The number of benzene rings is 3. The summed E-state index contributed by atoms with van der Waals surface area (Å²) in [6, 6.07) is 20.4. The maximum absolute atomic E-state index is 11.3. The highest BCUT2D eigenvalue weighted by atomic mass is 35.5. The first-order chi connectivity index (χ1) is 15.4. The van der Waals surface area contributed by atoms with E-state index in [2.05, 4.69) is 5.32 Å². The zero-order valence-corrected chi connectivity index (χ0v) is 19.5. The van der Waals surface area contributed by atoms with Gasteiger partial charge in [0.2, 0.25) is 10.0 Å². The molecule has 0 aliphatic rings. The van der Waals surface area contributed by atoms with Gasteiger partial charge in [-0.05, 0) is 42.3 Å². The second-order valence-corrected chi connectivity index (χ2v) is 9.30. The van der Waals surface area contributed by atoms with Crippen molar-refractivity contribution in [1.82, 2.24) is 0 Å². The SMILES string of the molecule is CCOc1cc(C[NH2+]CCc2ccc(S(N)(=O)=O)cc2)cc(Cl)c1OCc1ccccc1. The minimum Gasteiger partial charge on any atom is -0.490 e. The summed E-state index contributed by atoms with van der Waals surface area (Å²) >= 11 is 6.52. The molecule has 0 radical (unpaired) electrons. The molecule has 0 unspecified atom stereocenters. The Balaban J connectivity index is 1.58. The van der Waals surface area contributed by atoms with Crippen LogP contribution in [0.4, 0.5) is 0 Å². The average Bonchev–Trinajstić information content (AvgIpc) is 2.77. The van der Waals surface area contributed by atoms with E-state index in [4.69, 9.17) is 26.2 Å². The minimum absolute atomic E-state index is 0.123. The van der Waals surface area contributed by atoms with E-state index in [0.717, 1.165) is 36.2 Å². The molecule has 3 rings (SSSR count). The molecule has 4 N–H and O–H groups in total. The number of quaternary nitrogens is 1. The van der Waals surface area contributed by atoms with E-state index in [9.17, 15) is 8.42 Å². The van der Waals surface area contributed by atoms with E-state index in [-0.39, 0.29) is 4.90 Å². The molecule has 3 aromatic carbocycles. The van der Waals surface area contributed by atoms with E-state index < -0.39 is 10.0 Å². The lowest BCUT2D eigenvalue weighted by atomic mass is 10.1. The largest absolute Gasteiger partial charge is 0.490 e. The maximum Gasteiger partial charge on any atom is 0.238 e. The molecule has 0 aromatic heterocycles. The van der Waals surface area contributed by atoms with Gasteiger partial charge in [-0.25, -0.2) is 13.6 Å². The minimum atomic E-state index is -3.66. The fraction of sp³-hybridized carbons (Fsp3) is 0.250. The van der Waals surface area contributed by atoms with Crippen molar-refractivity contribution in [3.8, 4) is 11.5 Å². The van der Waals surface area contributed by atoms with Crippen LogP contribution in [0.5, 0.6) is 11.5 Å². The highest BCUT2D eigenvalue weighted by molar-refractivity contribution is 7.89. The fourth-order valence-electron chi connectivity index (χ4n) is 3.26. The summed E-state index contributed by atoms with van der Waals surface area (Å²) in [7, 11) is -3.66. The van der Waals surface area contributed by atoms with Gasteiger partial charge in [0.25, 0.3) is 0 Å². The Morgan fingerprint density at radius 1 is 0.938 bits per heavy atom. The number of ether oxygens (including phenoxy) is 2. The Labute approximate surface area is 194 Å². The number of hydrogen-bond donors (Lipinski definition) is 2. The van der Waals surface area contributed by atoms with Gasteiger partial charge in [-0.1, -0.05) is 54.1 Å². The van der Waals surface area contributed by atoms with Crippen LogP contribution in [-0.4, -0.2) is 21.6 Å². The van der Waals surface area contributed by atoms with Gasteiger partial charge in [0.15, 0.2) is 11.5 Å². The molecule has 0 spiro atoms. The molecular formula is C24H28ClN2O4S+. The molecule has 0 heterocycles. The zero-order chi connectivity index (χ0) is 23.0. The van der Waals surface area contributed by atoms with E-state index in [1.54, 1.807) is 12.1 Å². The summed E-state index contributed by atoms with van der Waals surface area (Å²) in [5.74, 6) is 1.19. The normalized spacial score (nSPS) is 11.3. The van der Waals surface area contributed by atoms with Crippen LogP contribution < -0.4 is 19.9 Å². The molecule has 8 heteroatoms. The second kappa shape index (κ2) is 11.3. The highest BCUT2D eigenvalue weighted by Gasteiger charge is 2.14. The zero-order valence-electron chi connectivity index (χ0n) is 18.0. The van der Waals surface area contributed by atoms with Crippen molar-refractivity contribution in [2.75, 3.05) is 13.2 Å². The predicted octanol–water partition coefficient (Wildman–Crippen LogP) is 3.27. The monoisotopic (exact) mass is 475 g/mol. The van der Waals surface area contributed by atoms with Gasteiger partial charge >= 0.3 is 0 Å². The number of nitrogens with two attached hydrogens (primary N) is 2. The Morgan fingerprint density at radius 3 is 2.31 bits per heavy atom. The number of rotatable bonds is 11. The summed E-state index contributed by atoms with van der Waals surface area (Å²) in [6.07, 6.45) is 0.801. The number of sulfonamides is 1. The standard InChI is InChI=1S/C24H27ClN2O4S/c1-2-30-23-15-20(14-22(25)24(23)31-17-19-6-4-3-5-7-19)16-27-13-12-18-8-10-21(11-9-18)32(26,28)29/h3-11,14-15,27H,2,12-13,16-17H2,1H3,(H2,26,28,29)/p+1. The first-order valence-corrected chi connectivity index (χ1v) is 12.3. The molecule has 3 aromatic rings. The van der Waals surface area contributed by atoms with Crippen molar-refractivity contribution in [1.29, 1.82) is 0 Å². The number of halogens is 1. The van der Waals surface area contributed by atoms with Gasteiger partial charge in [-0.2, -0.15) is 0 Å². The molecule has 0 aliphatic carbocycles. The van der Waals surface area contributed by atoms with E-state index in [0.29, 0.717) is 29.7 Å². The molecule has 0 aliphatic heterocycles. The number of hydrogen-bond acceptors (Lipinski definition) is 4. The first-order valence-electron chi connectivity index (χ1n) is 10.4. The van der Waals surface area contributed by atoms with E-state index in [1.807, 2.05) is 49.4 Å². The lowest BCUT2D eigenvalue weighted by molar-refractivity contribution is -0.670.